The summed E-state index contributed by atoms with van der Waals surface area (Å²) in [5, 5.41) is 21.4. The molecule has 0 aliphatic carbocycles. The molecule has 9 nitrogen and oxygen atoms in total. The van der Waals surface area contributed by atoms with Crippen molar-refractivity contribution in [2.45, 2.75) is 26.3 Å². The fourth-order valence-corrected chi connectivity index (χ4v) is 2.04. The minimum Gasteiger partial charge on any atom is -0.358 e. The smallest absolute Gasteiger partial charge is 0.358 e. The summed E-state index contributed by atoms with van der Waals surface area (Å²) >= 11 is 0. The third kappa shape index (κ3) is 3.07. The highest BCUT2D eigenvalue weighted by Crippen LogP contribution is 2.20. The van der Waals surface area contributed by atoms with E-state index >= 15 is 0 Å². The van der Waals surface area contributed by atoms with E-state index in [-0.39, 0.29) is 11.7 Å². The van der Waals surface area contributed by atoms with Crippen LogP contribution in [0.3, 0.4) is 0 Å². The number of anilines is 1. The Balaban J connectivity index is 2.22. The molecule has 2 aromatic rings. The Kier molecular flexibility index (Phi) is 4.01. The number of hydrogen-bond acceptors (Lipinski definition) is 5. The van der Waals surface area contributed by atoms with Crippen LogP contribution in [0.5, 0.6) is 0 Å². The van der Waals surface area contributed by atoms with Crippen molar-refractivity contribution in [1.29, 1.82) is 0 Å². The number of carbonyl (C=O) groups excluding carboxylic acids is 1. The van der Waals surface area contributed by atoms with E-state index in [1.54, 1.807) is 30.9 Å². The zero-order chi connectivity index (χ0) is 15.6. The molecule has 0 aliphatic heterocycles. The van der Waals surface area contributed by atoms with Crippen molar-refractivity contribution in [3.63, 3.8) is 0 Å². The van der Waals surface area contributed by atoms with E-state index in [2.05, 4.69) is 15.5 Å². The van der Waals surface area contributed by atoms with Crippen LogP contribution in [0.1, 0.15) is 25.1 Å². The van der Waals surface area contributed by atoms with Crippen LogP contribution < -0.4 is 5.32 Å². The van der Waals surface area contributed by atoms with Crippen molar-refractivity contribution >= 4 is 17.5 Å². The number of aryl methyl sites for hydroxylation is 2. The fourth-order valence-electron chi connectivity index (χ4n) is 2.04. The van der Waals surface area contributed by atoms with Gasteiger partial charge < -0.3 is 15.4 Å². The molecular formula is C12H16N6O3. The highest BCUT2D eigenvalue weighted by molar-refractivity contribution is 5.92. The van der Waals surface area contributed by atoms with Crippen molar-refractivity contribution < 1.29 is 9.72 Å². The topological polar surface area (TPSA) is 108 Å². The molecule has 0 spiro atoms. The number of nitro groups is 1. The van der Waals surface area contributed by atoms with Gasteiger partial charge in [0.2, 0.25) is 0 Å². The molecule has 2 aromatic heterocycles. The van der Waals surface area contributed by atoms with Gasteiger partial charge in [0.05, 0.1) is 16.9 Å². The van der Waals surface area contributed by atoms with Crippen molar-refractivity contribution in [3.05, 3.63) is 34.1 Å². The van der Waals surface area contributed by atoms with Crippen molar-refractivity contribution in [3.8, 4) is 0 Å². The second-order valence-electron chi connectivity index (χ2n) is 4.63. The molecule has 0 saturated heterocycles. The van der Waals surface area contributed by atoms with Crippen LogP contribution in [0, 0.1) is 17.0 Å². The predicted molar refractivity (Wildman–Crippen MR) is 74.8 cm³/mol. The molecule has 1 unspecified atom stereocenters. The van der Waals surface area contributed by atoms with Gasteiger partial charge in [0.25, 0.3) is 5.91 Å². The van der Waals surface area contributed by atoms with Crippen LogP contribution in [0.15, 0.2) is 18.3 Å². The maximum absolute atomic E-state index is 12.3. The first-order valence-corrected chi connectivity index (χ1v) is 6.43. The molecule has 0 bridgehead atoms. The summed E-state index contributed by atoms with van der Waals surface area (Å²) in [7, 11) is 1.74. The highest BCUT2D eigenvalue weighted by atomic mass is 16.6. The summed E-state index contributed by atoms with van der Waals surface area (Å²) in [6, 6.07) is 2.39. The first kappa shape index (κ1) is 14.7. The number of nitrogens with one attached hydrogen (secondary N) is 1. The third-order valence-electron chi connectivity index (χ3n) is 3.05. The maximum atomic E-state index is 12.3. The van der Waals surface area contributed by atoms with E-state index in [0.29, 0.717) is 17.9 Å². The monoisotopic (exact) mass is 292 g/mol. The standard InChI is InChI=1S/C12H16N6O3/c1-4-9(12(19)13-10-5-6-16(3)14-10)17-8(2)7-11(15-17)18(20)21/h5-7,9H,4H2,1-3H3,(H,13,14,19). The SMILES string of the molecule is CCC(C(=O)Nc1ccn(C)n1)n1nc([N+](=O)[O-])cc1C. The Hall–Kier alpha value is -2.71. The van der Waals surface area contributed by atoms with Crippen molar-refractivity contribution in [1.82, 2.24) is 19.6 Å². The summed E-state index contributed by atoms with van der Waals surface area (Å²) in [6.07, 6.45) is 2.17. The summed E-state index contributed by atoms with van der Waals surface area (Å²) in [4.78, 5) is 22.5. The lowest BCUT2D eigenvalue weighted by Gasteiger charge is -2.12. The zero-order valence-electron chi connectivity index (χ0n) is 12.0. The van der Waals surface area contributed by atoms with E-state index < -0.39 is 11.0 Å². The van der Waals surface area contributed by atoms with Crippen LogP contribution in [-0.4, -0.2) is 30.4 Å². The lowest BCUT2D eigenvalue weighted by Crippen LogP contribution is -2.27. The Labute approximate surface area is 120 Å². The molecule has 9 heteroatoms. The molecule has 21 heavy (non-hydrogen) atoms. The molecule has 0 radical (unpaired) electrons. The van der Waals surface area contributed by atoms with Gasteiger partial charge in [0.15, 0.2) is 11.9 Å². The first-order valence-electron chi connectivity index (χ1n) is 6.43. The van der Waals surface area contributed by atoms with Crippen molar-refractivity contribution in [2.75, 3.05) is 5.32 Å². The molecule has 2 rings (SSSR count). The molecule has 0 saturated carbocycles. The number of carbonyl (C=O) groups is 1. The number of amides is 1. The number of aromatic nitrogens is 4. The molecule has 0 aliphatic rings. The van der Waals surface area contributed by atoms with Crippen LogP contribution in [0.4, 0.5) is 11.6 Å². The zero-order valence-corrected chi connectivity index (χ0v) is 12.0. The van der Waals surface area contributed by atoms with Gasteiger partial charge in [-0.2, -0.15) is 9.78 Å². The Morgan fingerprint density at radius 2 is 2.24 bits per heavy atom. The Bertz CT molecular complexity index is 674. The molecule has 0 aromatic carbocycles. The van der Waals surface area contributed by atoms with E-state index in [1.807, 2.05) is 6.92 Å². The van der Waals surface area contributed by atoms with Gasteiger partial charge in [-0.15, -0.1) is 0 Å². The number of hydrogen-bond donors (Lipinski definition) is 1. The highest BCUT2D eigenvalue weighted by Gasteiger charge is 2.27. The lowest BCUT2D eigenvalue weighted by molar-refractivity contribution is -0.389. The van der Waals surface area contributed by atoms with Crippen LogP contribution in [-0.2, 0) is 11.8 Å². The van der Waals surface area contributed by atoms with Crippen LogP contribution in [0.25, 0.3) is 0 Å². The lowest BCUT2D eigenvalue weighted by atomic mass is 10.2. The molecule has 112 valence electrons. The Morgan fingerprint density at radius 1 is 1.52 bits per heavy atom. The van der Waals surface area contributed by atoms with Gasteiger partial charge in [-0.1, -0.05) is 6.92 Å². The number of nitrogens with zero attached hydrogens (tertiary/aromatic N) is 5. The molecule has 1 N–H and O–H groups in total. The molecule has 1 amide bonds. The van der Waals surface area contributed by atoms with Gasteiger partial charge in [-0.25, -0.2) is 0 Å². The van der Waals surface area contributed by atoms with Crippen molar-refractivity contribution in [2.24, 2.45) is 7.05 Å². The van der Waals surface area contributed by atoms with E-state index in [4.69, 9.17) is 0 Å². The fraction of sp³-hybridized carbons (Fsp3) is 0.417. The van der Waals surface area contributed by atoms with E-state index in [9.17, 15) is 14.9 Å². The summed E-state index contributed by atoms with van der Waals surface area (Å²) in [5.41, 5.74) is 0.560. The average Bonchev–Trinajstić information content (AvgIpc) is 2.98. The van der Waals surface area contributed by atoms with Crippen LogP contribution in [0.2, 0.25) is 0 Å². The maximum Gasteiger partial charge on any atom is 0.390 e. The largest absolute Gasteiger partial charge is 0.390 e. The summed E-state index contributed by atoms with van der Waals surface area (Å²) in [6.45, 7) is 3.49. The minimum atomic E-state index is -0.624. The minimum absolute atomic E-state index is 0.267. The van der Waals surface area contributed by atoms with E-state index in [0.717, 1.165) is 0 Å². The average molecular weight is 292 g/mol. The third-order valence-corrected chi connectivity index (χ3v) is 3.05. The van der Waals surface area contributed by atoms with Gasteiger partial charge >= 0.3 is 5.82 Å². The van der Waals surface area contributed by atoms with Gasteiger partial charge in [0, 0.05) is 19.3 Å². The number of rotatable bonds is 5. The van der Waals surface area contributed by atoms with Crippen LogP contribution >= 0.6 is 0 Å². The summed E-state index contributed by atoms with van der Waals surface area (Å²) < 4.78 is 2.94. The molecule has 0 fully saturated rings. The first-order chi connectivity index (χ1) is 9.92. The molecule has 1 atom stereocenters. The van der Waals surface area contributed by atoms with E-state index in [1.165, 1.54) is 10.7 Å². The normalized spacial score (nSPS) is 12.1. The quantitative estimate of drug-likeness (QED) is 0.662. The molecule has 2 heterocycles. The van der Waals surface area contributed by atoms with Gasteiger partial charge in [-0.3, -0.25) is 9.48 Å². The summed E-state index contributed by atoms with van der Waals surface area (Å²) in [5.74, 6) is -0.144. The Morgan fingerprint density at radius 3 is 2.71 bits per heavy atom. The van der Waals surface area contributed by atoms with Gasteiger partial charge in [0.1, 0.15) is 0 Å². The second kappa shape index (κ2) is 5.73. The second-order valence-corrected chi connectivity index (χ2v) is 4.63. The predicted octanol–water partition coefficient (Wildman–Crippen LogP) is 1.42. The molecular weight excluding hydrogens is 276 g/mol. The van der Waals surface area contributed by atoms with Gasteiger partial charge in [-0.05, 0) is 18.3 Å².